The molecule has 0 bridgehead atoms. The normalized spacial score (nSPS) is 30.3. The third-order valence-electron chi connectivity index (χ3n) is 4.95. The van der Waals surface area contributed by atoms with Gasteiger partial charge in [-0.05, 0) is 31.5 Å². The van der Waals surface area contributed by atoms with Crippen molar-refractivity contribution in [3.63, 3.8) is 0 Å². The van der Waals surface area contributed by atoms with Crippen molar-refractivity contribution in [1.82, 2.24) is 0 Å². The maximum absolute atomic E-state index is 11.9. The van der Waals surface area contributed by atoms with Crippen LogP contribution in [0.15, 0.2) is 0 Å². The molecule has 22 heavy (non-hydrogen) atoms. The minimum Gasteiger partial charge on any atom is -0.412 e. The number of ether oxygens (including phenoxy) is 1. The molecule has 0 amide bonds. The topological polar surface area (TPSA) is 76.0 Å². The van der Waals surface area contributed by atoms with Crippen molar-refractivity contribution in [2.75, 3.05) is 13.3 Å². The molecule has 8 heteroatoms. The lowest BCUT2D eigenvalue weighted by Crippen LogP contribution is -2.46. The Morgan fingerprint density at radius 1 is 1.32 bits per heavy atom. The van der Waals surface area contributed by atoms with Gasteiger partial charge in [-0.25, -0.2) is 0 Å². The molecule has 1 aliphatic rings. The first-order valence-electron chi connectivity index (χ1n) is 7.91. The number of aliphatic hydroxyl groups excluding tert-OH is 2. The Morgan fingerprint density at radius 2 is 1.82 bits per heavy atom. The second-order valence-corrected chi connectivity index (χ2v) is 16.5. The van der Waals surface area contributed by atoms with Crippen LogP contribution in [0.25, 0.3) is 0 Å². The fraction of sp³-hybridized carbons (Fsp3) is 1.00. The van der Waals surface area contributed by atoms with Crippen LogP contribution in [0.5, 0.6) is 0 Å². The molecular formula is C14H32BO5PSi. The van der Waals surface area contributed by atoms with Crippen molar-refractivity contribution >= 4 is 23.3 Å². The van der Waals surface area contributed by atoms with E-state index in [0.29, 0.717) is 6.42 Å². The van der Waals surface area contributed by atoms with Gasteiger partial charge in [0.1, 0.15) is 26.9 Å². The summed E-state index contributed by atoms with van der Waals surface area (Å²) < 4.78 is 24.1. The number of hydrogen-bond acceptors (Lipinski definition) is 5. The van der Waals surface area contributed by atoms with Gasteiger partial charge < -0.3 is 23.9 Å². The molecule has 5 nitrogen and oxygen atoms in total. The average molecular weight is 350 g/mol. The van der Waals surface area contributed by atoms with E-state index in [9.17, 15) is 14.8 Å². The third-order valence-corrected chi connectivity index (χ3v) is 11.0. The summed E-state index contributed by atoms with van der Waals surface area (Å²) in [6, 6.07) is -0.144. The second kappa shape index (κ2) is 6.69. The zero-order valence-corrected chi connectivity index (χ0v) is 17.1. The Kier molecular flexibility index (Phi) is 6.20. The van der Waals surface area contributed by atoms with Crippen LogP contribution in [0.4, 0.5) is 0 Å². The molecule has 2 N–H and O–H groups in total. The summed E-state index contributed by atoms with van der Waals surface area (Å²) >= 11 is 0. The largest absolute Gasteiger partial charge is 0.412 e. The van der Waals surface area contributed by atoms with E-state index in [4.69, 9.17) is 9.16 Å². The zero-order valence-electron chi connectivity index (χ0n) is 15.2. The molecule has 0 aromatic carbocycles. The zero-order chi connectivity index (χ0) is 17.5. The van der Waals surface area contributed by atoms with E-state index in [1.807, 2.05) is 7.85 Å². The Morgan fingerprint density at radius 3 is 2.23 bits per heavy atom. The van der Waals surface area contributed by atoms with Gasteiger partial charge >= 0.3 is 0 Å². The fourth-order valence-corrected chi connectivity index (χ4v) is 4.64. The second-order valence-electron chi connectivity index (χ2n) is 8.37. The Balaban J connectivity index is 2.76. The lowest BCUT2D eigenvalue weighted by Gasteiger charge is -2.39. The van der Waals surface area contributed by atoms with E-state index in [0.717, 1.165) is 0 Å². The summed E-state index contributed by atoms with van der Waals surface area (Å²) in [5, 5.41) is 20.4. The molecule has 1 aliphatic heterocycles. The molecule has 1 fully saturated rings. The molecule has 1 saturated heterocycles. The highest BCUT2D eigenvalue weighted by atomic mass is 31.2. The molecule has 0 spiro atoms. The Bertz CT molecular complexity index is 433. The smallest absolute Gasteiger partial charge is 0.192 e. The van der Waals surface area contributed by atoms with E-state index >= 15 is 0 Å². The van der Waals surface area contributed by atoms with E-state index in [-0.39, 0.29) is 17.1 Å². The van der Waals surface area contributed by atoms with Gasteiger partial charge in [0.15, 0.2) is 8.32 Å². The molecule has 130 valence electrons. The first-order valence-corrected chi connectivity index (χ1v) is 13.5. The molecule has 1 rings (SSSR count). The maximum Gasteiger partial charge on any atom is 0.192 e. The molecule has 2 unspecified atom stereocenters. The standard InChI is InChI=1S/C14H32BO5PSi/c1-14(2,3)22(6,7)20-10-8-9(19-12(10)15)11(16)13(17)21(4,5)18/h9-13,16-17H,8,15H2,1-7H3/t9-,10-,11?,12+,13?/m0/s1. The maximum atomic E-state index is 11.9. The summed E-state index contributed by atoms with van der Waals surface area (Å²) in [6.07, 6.45) is -1.25. The third kappa shape index (κ3) is 4.68. The van der Waals surface area contributed by atoms with Crippen molar-refractivity contribution in [3.8, 4) is 0 Å². The Hall–Kier alpha value is 0.352. The van der Waals surface area contributed by atoms with E-state index < -0.39 is 33.5 Å². The van der Waals surface area contributed by atoms with Gasteiger partial charge in [0.05, 0.1) is 12.2 Å². The van der Waals surface area contributed by atoms with Crippen molar-refractivity contribution in [2.24, 2.45) is 0 Å². The summed E-state index contributed by atoms with van der Waals surface area (Å²) in [5.41, 5.74) is 0. The van der Waals surface area contributed by atoms with Crippen LogP contribution in [0.1, 0.15) is 27.2 Å². The van der Waals surface area contributed by atoms with Gasteiger partial charge in [-0.15, -0.1) is 0 Å². The molecule has 0 saturated carbocycles. The van der Waals surface area contributed by atoms with Gasteiger partial charge in [0, 0.05) is 12.4 Å². The summed E-state index contributed by atoms with van der Waals surface area (Å²) in [5.74, 6) is -1.25. The highest BCUT2D eigenvalue weighted by Crippen LogP contribution is 2.45. The Labute approximate surface area is 136 Å². The SMILES string of the molecule is B[C@@H]1O[C@H](C(O)C(O)P(C)(C)=O)C[C@@H]1O[Si](C)(C)C(C)(C)C. The highest BCUT2D eigenvalue weighted by molar-refractivity contribution is 7.62. The van der Waals surface area contributed by atoms with Crippen LogP contribution in [0.2, 0.25) is 18.1 Å². The van der Waals surface area contributed by atoms with Crippen LogP contribution < -0.4 is 0 Å². The van der Waals surface area contributed by atoms with Crippen LogP contribution in [0.3, 0.4) is 0 Å². The first kappa shape index (κ1) is 20.4. The van der Waals surface area contributed by atoms with Crippen molar-refractivity contribution in [3.05, 3.63) is 0 Å². The van der Waals surface area contributed by atoms with Crippen molar-refractivity contribution < 1.29 is 23.9 Å². The van der Waals surface area contributed by atoms with Crippen LogP contribution in [-0.2, 0) is 13.7 Å². The summed E-state index contributed by atoms with van der Waals surface area (Å²) in [7, 11) is -2.77. The minimum absolute atomic E-state index is 0.0964. The van der Waals surface area contributed by atoms with E-state index in [1.165, 1.54) is 13.3 Å². The van der Waals surface area contributed by atoms with Gasteiger partial charge in [-0.1, -0.05) is 20.8 Å². The van der Waals surface area contributed by atoms with Gasteiger partial charge in [-0.3, -0.25) is 0 Å². The average Bonchev–Trinajstić information content (AvgIpc) is 2.65. The molecule has 0 aliphatic carbocycles. The molecule has 1 heterocycles. The van der Waals surface area contributed by atoms with Crippen molar-refractivity contribution in [2.45, 2.75) is 75.5 Å². The molecule has 0 radical (unpaired) electrons. The number of hydrogen-bond donors (Lipinski definition) is 2. The van der Waals surface area contributed by atoms with Crippen molar-refractivity contribution in [1.29, 1.82) is 0 Å². The highest BCUT2D eigenvalue weighted by Gasteiger charge is 2.46. The van der Waals surface area contributed by atoms with Crippen LogP contribution in [-0.4, -0.2) is 69.9 Å². The predicted molar refractivity (Wildman–Crippen MR) is 95.4 cm³/mol. The quantitative estimate of drug-likeness (QED) is 0.580. The first-order chi connectivity index (χ1) is 9.67. The lowest BCUT2D eigenvalue weighted by molar-refractivity contribution is -0.0510. The minimum atomic E-state index is -2.78. The van der Waals surface area contributed by atoms with Gasteiger partial charge in [0.2, 0.25) is 0 Å². The monoisotopic (exact) mass is 350 g/mol. The number of aliphatic hydroxyl groups is 2. The van der Waals surface area contributed by atoms with Gasteiger partial charge in [0.25, 0.3) is 0 Å². The molecule has 0 aromatic rings. The fourth-order valence-electron chi connectivity index (χ4n) is 2.32. The van der Waals surface area contributed by atoms with E-state index in [2.05, 4.69) is 33.9 Å². The predicted octanol–water partition coefficient (Wildman–Crippen LogP) is 1.43. The van der Waals surface area contributed by atoms with Crippen LogP contribution >= 0.6 is 7.14 Å². The summed E-state index contributed by atoms with van der Waals surface area (Å²) in [4.78, 5) is 0. The number of rotatable bonds is 5. The van der Waals surface area contributed by atoms with Crippen LogP contribution in [0, 0.1) is 0 Å². The van der Waals surface area contributed by atoms with E-state index in [1.54, 1.807) is 0 Å². The lowest BCUT2D eigenvalue weighted by atomic mass is 9.94. The molecular weight excluding hydrogens is 318 g/mol. The molecule has 5 atom stereocenters. The summed E-state index contributed by atoms with van der Waals surface area (Å²) in [6.45, 7) is 13.9. The molecule has 0 aromatic heterocycles. The van der Waals surface area contributed by atoms with Gasteiger partial charge in [-0.2, -0.15) is 0 Å².